The van der Waals surface area contributed by atoms with E-state index in [0.29, 0.717) is 13.1 Å². The highest BCUT2D eigenvalue weighted by molar-refractivity contribution is 5.91. The van der Waals surface area contributed by atoms with Crippen molar-refractivity contribution in [2.24, 2.45) is 5.92 Å². The molecule has 5 heteroatoms. The maximum absolute atomic E-state index is 12.4. The summed E-state index contributed by atoms with van der Waals surface area (Å²) in [7, 11) is 1.75. The number of rotatable bonds is 3. The van der Waals surface area contributed by atoms with Crippen molar-refractivity contribution >= 4 is 17.7 Å². The number of carbonyl (C=O) groups excluding carboxylic acids is 1. The summed E-state index contributed by atoms with van der Waals surface area (Å²) in [5.41, 5.74) is 2.00. The van der Waals surface area contributed by atoms with E-state index in [1.807, 2.05) is 31.2 Å². The van der Waals surface area contributed by atoms with Gasteiger partial charge >= 0.3 is 12.0 Å². The van der Waals surface area contributed by atoms with Gasteiger partial charge < -0.3 is 10.0 Å². The highest BCUT2D eigenvalue weighted by Gasteiger charge is 2.29. The smallest absolute Gasteiger partial charge is 0.324 e. The molecule has 1 N–H and O–H groups in total. The lowest BCUT2D eigenvalue weighted by Gasteiger charge is -2.24. The van der Waals surface area contributed by atoms with Crippen molar-refractivity contribution in [3.05, 3.63) is 29.8 Å². The van der Waals surface area contributed by atoms with Crippen molar-refractivity contribution in [1.82, 2.24) is 4.90 Å². The number of carboxylic acid groups (broad SMARTS) is 1. The molecule has 0 aliphatic carbocycles. The van der Waals surface area contributed by atoms with Crippen LogP contribution in [0.4, 0.5) is 10.5 Å². The van der Waals surface area contributed by atoms with E-state index in [4.69, 9.17) is 5.11 Å². The van der Waals surface area contributed by atoms with Crippen molar-refractivity contribution < 1.29 is 14.7 Å². The molecule has 1 aliphatic heterocycles. The molecular weight excluding hydrogens is 256 g/mol. The number of aryl methyl sites for hydroxylation is 1. The molecule has 0 aromatic heterocycles. The third-order valence-corrected chi connectivity index (χ3v) is 3.73. The average molecular weight is 276 g/mol. The van der Waals surface area contributed by atoms with E-state index in [0.717, 1.165) is 17.7 Å². The molecule has 2 rings (SSSR count). The fourth-order valence-electron chi connectivity index (χ4n) is 2.51. The second-order valence-corrected chi connectivity index (χ2v) is 5.38. The predicted octanol–water partition coefficient (Wildman–Crippen LogP) is 2.35. The Kier molecular flexibility index (Phi) is 4.27. The molecule has 1 saturated heterocycles. The van der Waals surface area contributed by atoms with Crippen LogP contribution in [-0.2, 0) is 4.79 Å². The first-order valence-corrected chi connectivity index (χ1v) is 6.78. The summed E-state index contributed by atoms with van der Waals surface area (Å²) >= 11 is 0. The Hall–Kier alpha value is -2.04. The zero-order valence-corrected chi connectivity index (χ0v) is 11.9. The number of carboxylic acids is 1. The molecule has 0 bridgehead atoms. The van der Waals surface area contributed by atoms with Crippen LogP contribution in [0.15, 0.2) is 24.3 Å². The van der Waals surface area contributed by atoms with Crippen LogP contribution in [0.2, 0.25) is 0 Å². The first-order chi connectivity index (χ1) is 9.47. The van der Waals surface area contributed by atoms with Gasteiger partial charge in [0, 0.05) is 32.2 Å². The standard InChI is InChI=1S/C15H20N2O3/c1-11-3-5-13(6-4-11)16(2)15(20)17-8-7-12(10-17)9-14(18)19/h3-6,12H,7-10H2,1-2H3,(H,18,19). The number of carbonyl (C=O) groups is 2. The van der Waals surface area contributed by atoms with Crippen molar-refractivity contribution in [1.29, 1.82) is 0 Å². The molecule has 1 aromatic carbocycles. The molecule has 0 saturated carbocycles. The number of urea groups is 1. The predicted molar refractivity (Wildman–Crippen MR) is 76.9 cm³/mol. The molecule has 108 valence electrons. The maximum atomic E-state index is 12.4. The number of amides is 2. The van der Waals surface area contributed by atoms with Crippen LogP contribution in [-0.4, -0.2) is 42.1 Å². The average Bonchev–Trinajstić information content (AvgIpc) is 2.85. The van der Waals surface area contributed by atoms with Gasteiger partial charge in [0.2, 0.25) is 0 Å². The summed E-state index contributed by atoms with van der Waals surface area (Å²) in [6, 6.07) is 7.70. The van der Waals surface area contributed by atoms with Crippen LogP contribution in [0.5, 0.6) is 0 Å². The second-order valence-electron chi connectivity index (χ2n) is 5.38. The summed E-state index contributed by atoms with van der Waals surface area (Å²) < 4.78 is 0. The van der Waals surface area contributed by atoms with Crippen LogP contribution < -0.4 is 4.90 Å². The normalized spacial score (nSPS) is 18.1. The molecule has 2 amide bonds. The fraction of sp³-hybridized carbons (Fsp3) is 0.467. The number of hydrogen-bond donors (Lipinski definition) is 1. The first-order valence-electron chi connectivity index (χ1n) is 6.78. The summed E-state index contributed by atoms with van der Waals surface area (Å²) in [6.45, 7) is 3.16. The zero-order valence-electron chi connectivity index (χ0n) is 11.9. The lowest BCUT2D eigenvalue weighted by atomic mass is 10.1. The summed E-state index contributed by atoms with van der Waals surface area (Å²) in [4.78, 5) is 26.4. The van der Waals surface area contributed by atoms with E-state index in [-0.39, 0.29) is 18.4 Å². The Morgan fingerprint density at radius 1 is 1.35 bits per heavy atom. The van der Waals surface area contributed by atoms with Crippen molar-refractivity contribution in [3.8, 4) is 0 Å². The maximum Gasteiger partial charge on any atom is 0.324 e. The van der Waals surface area contributed by atoms with Gasteiger partial charge in [0.1, 0.15) is 0 Å². The zero-order chi connectivity index (χ0) is 14.7. The molecule has 5 nitrogen and oxygen atoms in total. The van der Waals surface area contributed by atoms with E-state index < -0.39 is 5.97 Å². The molecule has 1 aliphatic rings. The number of anilines is 1. The minimum Gasteiger partial charge on any atom is -0.481 e. The molecule has 1 heterocycles. The van der Waals surface area contributed by atoms with Crippen LogP contribution in [0.25, 0.3) is 0 Å². The quantitative estimate of drug-likeness (QED) is 0.921. The first kappa shape index (κ1) is 14.4. The lowest BCUT2D eigenvalue weighted by molar-refractivity contribution is -0.138. The Morgan fingerprint density at radius 2 is 2.00 bits per heavy atom. The molecule has 0 spiro atoms. The van der Waals surface area contributed by atoms with Crippen LogP contribution in [0.1, 0.15) is 18.4 Å². The molecule has 1 fully saturated rings. The van der Waals surface area contributed by atoms with E-state index in [2.05, 4.69) is 0 Å². The third-order valence-electron chi connectivity index (χ3n) is 3.73. The summed E-state index contributed by atoms with van der Waals surface area (Å²) in [5, 5.41) is 8.80. The Balaban J connectivity index is 1.98. The van der Waals surface area contributed by atoms with E-state index in [1.165, 1.54) is 0 Å². The van der Waals surface area contributed by atoms with Gasteiger partial charge in [-0.05, 0) is 31.4 Å². The van der Waals surface area contributed by atoms with Gasteiger partial charge in [0.15, 0.2) is 0 Å². The molecule has 1 unspecified atom stereocenters. The number of hydrogen-bond acceptors (Lipinski definition) is 2. The molecule has 20 heavy (non-hydrogen) atoms. The Bertz CT molecular complexity index is 498. The van der Waals surface area contributed by atoms with Crippen LogP contribution >= 0.6 is 0 Å². The Labute approximate surface area is 118 Å². The minimum absolute atomic E-state index is 0.0678. The highest BCUT2D eigenvalue weighted by atomic mass is 16.4. The molecule has 1 aromatic rings. The van der Waals surface area contributed by atoms with Gasteiger partial charge in [-0.25, -0.2) is 4.79 Å². The summed E-state index contributed by atoms with van der Waals surface area (Å²) in [6.07, 6.45) is 0.901. The van der Waals surface area contributed by atoms with Gasteiger partial charge in [-0.1, -0.05) is 17.7 Å². The van der Waals surface area contributed by atoms with Crippen LogP contribution in [0.3, 0.4) is 0 Å². The summed E-state index contributed by atoms with van der Waals surface area (Å²) in [5.74, 6) is -0.723. The van der Waals surface area contributed by atoms with E-state index >= 15 is 0 Å². The number of likely N-dealkylation sites (tertiary alicyclic amines) is 1. The lowest BCUT2D eigenvalue weighted by Crippen LogP contribution is -2.40. The van der Waals surface area contributed by atoms with Gasteiger partial charge in [-0.3, -0.25) is 9.69 Å². The van der Waals surface area contributed by atoms with Gasteiger partial charge in [0.05, 0.1) is 0 Å². The fourth-order valence-corrected chi connectivity index (χ4v) is 2.51. The monoisotopic (exact) mass is 276 g/mol. The number of aliphatic carboxylic acids is 1. The number of benzene rings is 1. The van der Waals surface area contributed by atoms with Crippen molar-refractivity contribution in [2.75, 3.05) is 25.0 Å². The molecule has 0 radical (unpaired) electrons. The van der Waals surface area contributed by atoms with Gasteiger partial charge in [-0.15, -0.1) is 0 Å². The highest BCUT2D eigenvalue weighted by Crippen LogP contribution is 2.22. The second kappa shape index (κ2) is 5.94. The van der Waals surface area contributed by atoms with E-state index in [1.54, 1.807) is 16.8 Å². The van der Waals surface area contributed by atoms with Crippen LogP contribution in [0, 0.1) is 12.8 Å². The van der Waals surface area contributed by atoms with Crippen molar-refractivity contribution in [2.45, 2.75) is 19.8 Å². The van der Waals surface area contributed by atoms with Gasteiger partial charge in [-0.2, -0.15) is 0 Å². The third kappa shape index (κ3) is 3.29. The van der Waals surface area contributed by atoms with Crippen molar-refractivity contribution in [3.63, 3.8) is 0 Å². The van der Waals surface area contributed by atoms with E-state index in [9.17, 15) is 9.59 Å². The molecular formula is C15H20N2O3. The SMILES string of the molecule is Cc1ccc(N(C)C(=O)N2CCC(CC(=O)O)C2)cc1. The Morgan fingerprint density at radius 3 is 2.60 bits per heavy atom. The molecule has 1 atom stereocenters. The number of nitrogens with zero attached hydrogens (tertiary/aromatic N) is 2. The van der Waals surface area contributed by atoms with Gasteiger partial charge in [0.25, 0.3) is 0 Å². The minimum atomic E-state index is -0.795. The largest absolute Gasteiger partial charge is 0.481 e. The topological polar surface area (TPSA) is 60.9 Å².